The van der Waals surface area contributed by atoms with Gasteiger partial charge in [-0.3, -0.25) is 9.63 Å². The second kappa shape index (κ2) is 5.57. The molecule has 0 atom stereocenters. The first-order valence-corrected chi connectivity index (χ1v) is 4.29. The molecule has 0 aromatic heterocycles. The number of rotatable bonds is 2. The molecule has 1 saturated heterocycles. The minimum absolute atomic E-state index is 0.0661. The van der Waals surface area contributed by atoms with Gasteiger partial charge in [0.15, 0.2) is 0 Å². The van der Waals surface area contributed by atoms with Crippen molar-refractivity contribution in [1.29, 1.82) is 0 Å². The highest BCUT2D eigenvalue weighted by molar-refractivity contribution is 5.92. The Morgan fingerprint density at radius 3 is 2.85 bits per heavy atom. The van der Waals surface area contributed by atoms with Crippen molar-refractivity contribution in [2.24, 2.45) is 0 Å². The third kappa shape index (κ3) is 3.92. The molecule has 72 valence electrons. The van der Waals surface area contributed by atoms with Crippen LogP contribution in [0.1, 0.15) is 19.8 Å². The Morgan fingerprint density at radius 2 is 2.23 bits per heavy atom. The fourth-order valence-electron chi connectivity index (χ4n) is 1.07. The smallest absolute Gasteiger partial charge is 0.319 e. The molecule has 13 heavy (non-hydrogen) atoms. The van der Waals surface area contributed by atoms with E-state index >= 15 is 0 Å². The van der Waals surface area contributed by atoms with E-state index in [0.29, 0.717) is 13.2 Å². The maximum Gasteiger partial charge on any atom is 0.319 e. The van der Waals surface area contributed by atoms with Crippen LogP contribution in [0, 0.1) is 11.8 Å². The Kier molecular flexibility index (Phi) is 4.30. The van der Waals surface area contributed by atoms with Crippen molar-refractivity contribution in [3.05, 3.63) is 0 Å². The molecule has 0 aromatic carbocycles. The summed E-state index contributed by atoms with van der Waals surface area (Å²) in [5.74, 6) is 4.42. The van der Waals surface area contributed by atoms with Crippen LogP contribution in [0.4, 0.5) is 0 Å². The van der Waals surface area contributed by atoms with Gasteiger partial charge in [0.05, 0.1) is 6.10 Å². The van der Waals surface area contributed by atoms with Gasteiger partial charge in [0.1, 0.15) is 0 Å². The lowest BCUT2D eigenvalue weighted by atomic mass is 10.2. The number of carbonyl (C=O) groups excluding carboxylic acids is 1. The normalized spacial score (nSPS) is 17.3. The van der Waals surface area contributed by atoms with Crippen LogP contribution in [-0.2, 0) is 14.4 Å². The summed E-state index contributed by atoms with van der Waals surface area (Å²) < 4.78 is 5.13. The van der Waals surface area contributed by atoms with Gasteiger partial charge in [-0.25, -0.2) is 5.48 Å². The summed E-state index contributed by atoms with van der Waals surface area (Å²) in [7, 11) is 0. The van der Waals surface area contributed by atoms with E-state index in [1.54, 1.807) is 6.92 Å². The van der Waals surface area contributed by atoms with E-state index in [1.807, 2.05) is 0 Å². The van der Waals surface area contributed by atoms with Gasteiger partial charge in [0.25, 0.3) is 0 Å². The second-order valence-corrected chi connectivity index (χ2v) is 2.74. The molecule has 4 heteroatoms. The van der Waals surface area contributed by atoms with Crippen molar-refractivity contribution < 1.29 is 14.4 Å². The van der Waals surface area contributed by atoms with E-state index in [-0.39, 0.29) is 6.10 Å². The Morgan fingerprint density at radius 1 is 1.54 bits per heavy atom. The highest BCUT2D eigenvalue weighted by atomic mass is 16.7. The van der Waals surface area contributed by atoms with Gasteiger partial charge >= 0.3 is 5.91 Å². The van der Waals surface area contributed by atoms with Crippen LogP contribution in [0.2, 0.25) is 0 Å². The molecule has 1 aliphatic heterocycles. The molecule has 1 amide bonds. The Balaban J connectivity index is 2.16. The lowest BCUT2D eigenvalue weighted by molar-refractivity contribution is -0.137. The monoisotopic (exact) mass is 183 g/mol. The zero-order valence-electron chi connectivity index (χ0n) is 7.63. The average Bonchev–Trinajstić information content (AvgIpc) is 2.17. The van der Waals surface area contributed by atoms with E-state index in [0.717, 1.165) is 12.8 Å². The SMILES string of the molecule is CC#CC(=O)NOC1CCOCC1. The predicted molar refractivity (Wildman–Crippen MR) is 46.5 cm³/mol. The third-order valence-electron chi connectivity index (χ3n) is 1.73. The van der Waals surface area contributed by atoms with Crippen molar-refractivity contribution in [2.45, 2.75) is 25.9 Å². The molecule has 0 unspecified atom stereocenters. The Labute approximate surface area is 77.5 Å². The molecule has 1 heterocycles. The summed E-state index contributed by atoms with van der Waals surface area (Å²) >= 11 is 0. The molecule has 0 bridgehead atoms. The summed E-state index contributed by atoms with van der Waals surface area (Å²) in [5, 5.41) is 0. The second-order valence-electron chi connectivity index (χ2n) is 2.74. The number of amides is 1. The molecule has 1 fully saturated rings. The first kappa shape index (κ1) is 10.0. The van der Waals surface area contributed by atoms with Crippen LogP contribution in [0.5, 0.6) is 0 Å². The molecule has 0 radical (unpaired) electrons. The number of hydrogen-bond donors (Lipinski definition) is 1. The summed E-state index contributed by atoms with van der Waals surface area (Å²) in [6.07, 6.45) is 1.70. The zero-order valence-corrected chi connectivity index (χ0v) is 7.63. The average molecular weight is 183 g/mol. The first-order chi connectivity index (χ1) is 6.33. The topological polar surface area (TPSA) is 47.6 Å². The van der Waals surface area contributed by atoms with Gasteiger partial charge in [-0.15, -0.1) is 0 Å². The standard InChI is InChI=1S/C9H13NO3/c1-2-3-9(11)10-13-8-4-6-12-7-5-8/h8H,4-7H2,1H3,(H,10,11). The lowest BCUT2D eigenvalue weighted by Gasteiger charge is -2.21. The van der Waals surface area contributed by atoms with E-state index in [2.05, 4.69) is 17.3 Å². The van der Waals surface area contributed by atoms with Gasteiger partial charge in [-0.2, -0.15) is 0 Å². The quantitative estimate of drug-likeness (QED) is 0.492. The zero-order chi connectivity index (χ0) is 9.52. The number of hydrogen-bond acceptors (Lipinski definition) is 3. The van der Waals surface area contributed by atoms with E-state index in [4.69, 9.17) is 9.57 Å². The fourth-order valence-corrected chi connectivity index (χ4v) is 1.07. The summed E-state index contributed by atoms with van der Waals surface area (Å²) in [4.78, 5) is 16.0. The molecule has 1 aliphatic rings. The van der Waals surface area contributed by atoms with E-state index in [1.165, 1.54) is 0 Å². The van der Waals surface area contributed by atoms with Crippen LogP contribution in [0.25, 0.3) is 0 Å². The molecular weight excluding hydrogens is 170 g/mol. The number of ether oxygens (including phenoxy) is 1. The minimum Gasteiger partial charge on any atom is -0.381 e. The van der Waals surface area contributed by atoms with Crippen molar-refractivity contribution in [3.8, 4) is 11.8 Å². The Bertz CT molecular complexity index is 223. The fraction of sp³-hybridized carbons (Fsp3) is 0.667. The minimum atomic E-state index is -0.394. The summed E-state index contributed by atoms with van der Waals surface area (Å²) in [6, 6.07) is 0. The van der Waals surface area contributed by atoms with Crippen molar-refractivity contribution in [2.75, 3.05) is 13.2 Å². The molecular formula is C9H13NO3. The predicted octanol–water partition coefficient (Wildman–Crippen LogP) is 0.236. The van der Waals surface area contributed by atoms with Crippen LogP contribution in [-0.4, -0.2) is 25.2 Å². The molecule has 1 N–H and O–H groups in total. The van der Waals surface area contributed by atoms with Gasteiger partial charge in [-0.1, -0.05) is 5.92 Å². The van der Waals surface area contributed by atoms with Crippen LogP contribution in [0.3, 0.4) is 0 Å². The third-order valence-corrected chi connectivity index (χ3v) is 1.73. The lowest BCUT2D eigenvalue weighted by Crippen LogP contribution is -2.32. The van der Waals surface area contributed by atoms with Crippen molar-refractivity contribution in [1.82, 2.24) is 5.48 Å². The maximum atomic E-state index is 10.8. The molecule has 4 nitrogen and oxygen atoms in total. The van der Waals surface area contributed by atoms with E-state index in [9.17, 15) is 4.79 Å². The van der Waals surface area contributed by atoms with E-state index < -0.39 is 5.91 Å². The molecule has 0 aliphatic carbocycles. The van der Waals surface area contributed by atoms with Crippen LogP contribution in [0.15, 0.2) is 0 Å². The molecule has 0 spiro atoms. The first-order valence-electron chi connectivity index (χ1n) is 4.29. The molecule has 0 aromatic rings. The van der Waals surface area contributed by atoms with Crippen molar-refractivity contribution in [3.63, 3.8) is 0 Å². The summed E-state index contributed by atoms with van der Waals surface area (Å²) in [5.41, 5.74) is 2.29. The Hall–Kier alpha value is -1.05. The maximum absolute atomic E-state index is 10.8. The number of carbonyl (C=O) groups is 1. The van der Waals surface area contributed by atoms with Gasteiger partial charge in [0.2, 0.25) is 0 Å². The highest BCUT2D eigenvalue weighted by Crippen LogP contribution is 2.08. The summed E-state index contributed by atoms with van der Waals surface area (Å²) in [6.45, 7) is 2.99. The molecule has 1 rings (SSSR count). The molecule has 0 saturated carbocycles. The van der Waals surface area contributed by atoms with Crippen LogP contribution < -0.4 is 5.48 Å². The number of nitrogens with one attached hydrogen (secondary N) is 1. The highest BCUT2D eigenvalue weighted by Gasteiger charge is 2.14. The van der Waals surface area contributed by atoms with Crippen LogP contribution >= 0.6 is 0 Å². The van der Waals surface area contributed by atoms with Crippen molar-refractivity contribution >= 4 is 5.91 Å². The van der Waals surface area contributed by atoms with Gasteiger partial charge in [-0.05, 0) is 25.7 Å². The van der Waals surface area contributed by atoms with Gasteiger partial charge in [0, 0.05) is 13.2 Å². The largest absolute Gasteiger partial charge is 0.381 e. The number of hydroxylamine groups is 1. The van der Waals surface area contributed by atoms with Gasteiger partial charge < -0.3 is 4.74 Å².